The number of hydrogen-bond donors (Lipinski definition) is 7. The lowest BCUT2D eigenvalue weighted by atomic mass is 10.0. The van der Waals surface area contributed by atoms with E-state index in [1.54, 1.807) is 14.7 Å². The first-order chi connectivity index (χ1) is 37.4. The summed E-state index contributed by atoms with van der Waals surface area (Å²) in [4.78, 5) is 64.4. The van der Waals surface area contributed by atoms with Crippen molar-refractivity contribution >= 4 is 52.7 Å². The van der Waals surface area contributed by atoms with Crippen LogP contribution in [0.5, 0.6) is 0 Å². The van der Waals surface area contributed by atoms with Gasteiger partial charge in [-0.3, -0.25) is 38.7 Å². The van der Waals surface area contributed by atoms with Gasteiger partial charge in [0.1, 0.15) is 0 Å². The van der Waals surface area contributed by atoms with Gasteiger partial charge >= 0.3 is 17.9 Å². The Labute approximate surface area is 453 Å². The highest BCUT2D eigenvalue weighted by Crippen LogP contribution is 2.17. The SMILES string of the molecule is O=C(O)CN1CCN(CC(=O)O)CC(Cc2ccc(NC(=S)NCCOCCOCCOCCOCCOCCOCCOCCNC(=O)CCCC(=O)NCc3ccc(-c4nncnn4)cc3)cc2)N(CC(=O)O)CC1. The molecule has 0 bridgehead atoms. The average Bonchev–Trinajstić information content (AvgIpc) is 3.47. The third kappa shape index (κ3) is 30.5. The van der Waals surface area contributed by atoms with Gasteiger partial charge in [-0.25, -0.2) is 0 Å². The summed E-state index contributed by atoms with van der Waals surface area (Å²) in [6.07, 6.45) is 2.65. The number of thiocarbonyl (C=S) groups is 1. The summed E-state index contributed by atoms with van der Waals surface area (Å²) < 4.78 is 38.7. The predicted octanol–water partition coefficient (Wildman–Crippen LogP) is 0.0236. The monoisotopic (exact) mass is 1100 g/mol. The Morgan fingerprint density at radius 1 is 0.545 bits per heavy atom. The zero-order valence-corrected chi connectivity index (χ0v) is 44.4. The highest BCUT2D eigenvalue weighted by atomic mass is 32.1. The summed E-state index contributed by atoms with van der Waals surface area (Å²) in [6.45, 7) is 7.90. The zero-order valence-electron chi connectivity index (χ0n) is 43.6. The lowest BCUT2D eigenvalue weighted by Gasteiger charge is -2.33. The second-order valence-corrected chi connectivity index (χ2v) is 17.8. The van der Waals surface area contributed by atoms with Crippen molar-refractivity contribution < 1.29 is 72.5 Å². The molecule has 4 rings (SSSR count). The van der Waals surface area contributed by atoms with Gasteiger partial charge in [0.15, 0.2) is 11.4 Å². The van der Waals surface area contributed by atoms with Crippen molar-refractivity contribution in [2.75, 3.05) is 163 Å². The second kappa shape index (κ2) is 39.4. The molecule has 1 aliphatic heterocycles. The number of carbonyl (C=O) groups excluding carboxylic acids is 2. The number of rotatable bonds is 40. The Kier molecular flexibility index (Phi) is 32.5. The smallest absolute Gasteiger partial charge is 0.317 e. The fourth-order valence-corrected chi connectivity index (χ4v) is 7.80. The number of carbonyl (C=O) groups is 5. The number of carboxylic acids is 3. The molecular formula is C50H75N11O15S. The summed E-state index contributed by atoms with van der Waals surface area (Å²) >= 11 is 5.43. The van der Waals surface area contributed by atoms with Crippen LogP contribution in [0.1, 0.15) is 30.4 Å². The molecule has 1 aromatic heterocycles. The molecule has 2 aromatic carbocycles. The van der Waals surface area contributed by atoms with Crippen molar-refractivity contribution in [1.29, 1.82) is 0 Å². The van der Waals surface area contributed by atoms with Crippen molar-refractivity contribution in [1.82, 2.24) is 51.0 Å². The van der Waals surface area contributed by atoms with Gasteiger partial charge in [-0.05, 0) is 48.3 Å². The Morgan fingerprint density at radius 2 is 1.00 bits per heavy atom. The van der Waals surface area contributed by atoms with Gasteiger partial charge in [-0.15, -0.1) is 20.4 Å². The van der Waals surface area contributed by atoms with E-state index in [-0.39, 0.29) is 50.3 Å². The molecule has 1 fully saturated rings. The number of hydrogen-bond acceptors (Lipinski definition) is 20. The quantitative estimate of drug-likeness (QED) is 0.0292. The Balaban J connectivity index is 0.876. The third-order valence-corrected chi connectivity index (χ3v) is 11.7. The van der Waals surface area contributed by atoms with E-state index in [4.69, 9.17) is 45.4 Å². The van der Waals surface area contributed by atoms with E-state index in [1.807, 2.05) is 48.5 Å². The summed E-state index contributed by atoms with van der Waals surface area (Å²) in [5, 5.41) is 56.1. The van der Waals surface area contributed by atoms with E-state index < -0.39 is 17.9 Å². The third-order valence-electron chi connectivity index (χ3n) is 11.4. The molecule has 3 aromatic rings. The van der Waals surface area contributed by atoms with Crippen molar-refractivity contribution in [3.63, 3.8) is 0 Å². The summed E-state index contributed by atoms with van der Waals surface area (Å²) in [5.74, 6) is -2.88. The second-order valence-electron chi connectivity index (χ2n) is 17.4. The van der Waals surface area contributed by atoms with Gasteiger partial charge in [-0.2, -0.15) is 0 Å². The molecule has 1 saturated heterocycles. The minimum Gasteiger partial charge on any atom is -0.480 e. The molecule has 26 nitrogen and oxygen atoms in total. The minimum atomic E-state index is -1.02. The topological polar surface area (TPSA) is 320 Å². The lowest BCUT2D eigenvalue weighted by Crippen LogP contribution is -2.49. The van der Waals surface area contributed by atoms with Crippen molar-refractivity contribution in [3.05, 3.63) is 66.0 Å². The average molecular weight is 1100 g/mol. The van der Waals surface area contributed by atoms with E-state index >= 15 is 0 Å². The maximum Gasteiger partial charge on any atom is 0.317 e. The Bertz CT molecular complexity index is 2160. The number of ether oxygens (including phenoxy) is 7. The molecule has 1 aliphatic rings. The number of aliphatic carboxylic acids is 3. The number of anilines is 1. The number of nitrogens with zero attached hydrogens (tertiary/aromatic N) is 7. The van der Waals surface area contributed by atoms with Gasteiger partial charge < -0.3 is 69.7 Å². The summed E-state index contributed by atoms with van der Waals surface area (Å²) in [7, 11) is 0. The van der Waals surface area contributed by atoms with Crippen molar-refractivity contribution in [2.45, 2.75) is 38.3 Å². The van der Waals surface area contributed by atoms with Crippen molar-refractivity contribution in [3.8, 4) is 11.4 Å². The molecule has 0 spiro atoms. The van der Waals surface area contributed by atoms with Crippen molar-refractivity contribution in [2.24, 2.45) is 0 Å². The maximum absolute atomic E-state index is 12.2. The largest absolute Gasteiger partial charge is 0.480 e. The van der Waals surface area contributed by atoms with Crippen LogP contribution in [0.4, 0.5) is 5.69 Å². The minimum absolute atomic E-state index is 0.129. The summed E-state index contributed by atoms with van der Waals surface area (Å²) in [5.41, 5.74) is 3.36. The predicted molar refractivity (Wildman–Crippen MR) is 283 cm³/mol. The Hall–Kier alpha value is -5.98. The van der Waals surface area contributed by atoms with Crippen LogP contribution < -0.4 is 21.3 Å². The number of benzene rings is 2. The number of amides is 2. The normalized spacial score (nSPS) is 14.5. The van der Waals surface area contributed by atoms with E-state index in [9.17, 15) is 39.3 Å². The standard InChI is InChI=1S/C50H75N11O15S/c62-44(2-1-3-45(63)53-33-40-4-8-41(9-5-40)49-57-54-38-55-58-49)51-12-18-70-20-22-72-24-26-74-28-30-76-31-29-75-27-25-73-23-21-71-19-13-52-50(77)56-42-10-6-39(7-11-42)32-43-34-60(36-47(66)67)15-14-59(35-46(64)65)16-17-61(43)37-48(68)69/h4-11,38,43H,1-3,12-37H2,(H,51,62)(H,53,63)(H,64,65)(H,66,67)(H,68,69)(H2,52,56,77). The molecule has 27 heteroatoms. The van der Waals surface area contributed by atoms with Crippen LogP contribution in [0.15, 0.2) is 54.9 Å². The lowest BCUT2D eigenvalue weighted by molar-refractivity contribution is -0.140. The highest BCUT2D eigenvalue weighted by Gasteiger charge is 2.28. The molecule has 1 atom stereocenters. The molecule has 77 heavy (non-hydrogen) atoms. The van der Waals surface area contributed by atoms with E-state index in [1.165, 1.54) is 6.33 Å². The van der Waals surface area contributed by atoms with Crippen LogP contribution in [-0.4, -0.2) is 249 Å². The van der Waals surface area contributed by atoms with Crippen LogP contribution in [0.2, 0.25) is 0 Å². The summed E-state index contributed by atoms with van der Waals surface area (Å²) in [6, 6.07) is 14.6. The molecule has 2 heterocycles. The fraction of sp³-hybridized carbons (Fsp3) is 0.600. The van der Waals surface area contributed by atoms with Crippen LogP contribution in [0.3, 0.4) is 0 Å². The number of nitrogens with one attached hydrogen (secondary N) is 4. The van der Waals surface area contributed by atoms with Gasteiger partial charge in [0.2, 0.25) is 17.6 Å². The molecule has 2 amide bonds. The fourth-order valence-electron chi connectivity index (χ4n) is 7.58. The van der Waals surface area contributed by atoms with E-state index in [2.05, 4.69) is 41.7 Å². The first-order valence-corrected chi connectivity index (χ1v) is 26.0. The molecule has 0 radical (unpaired) electrons. The maximum atomic E-state index is 12.2. The molecule has 7 N–H and O–H groups in total. The first-order valence-electron chi connectivity index (χ1n) is 25.6. The zero-order chi connectivity index (χ0) is 55.1. The van der Waals surface area contributed by atoms with Crippen LogP contribution >= 0.6 is 12.2 Å². The molecule has 0 aliphatic carbocycles. The van der Waals surface area contributed by atoms with Crippen LogP contribution in [0, 0.1) is 0 Å². The Morgan fingerprint density at radius 3 is 1.53 bits per heavy atom. The van der Waals surface area contributed by atoms with E-state index in [0.29, 0.717) is 169 Å². The van der Waals surface area contributed by atoms with Gasteiger partial charge in [-0.1, -0.05) is 36.4 Å². The van der Waals surface area contributed by atoms with Crippen LogP contribution in [-0.2, 0) is 70.1 Å². The molecule has 1 unspecified atom stereocenters. The number of aromatic nitrogens is 4. The van der Waals surface area contributed by atoms with Gasteiger partial charge in [0.05, 0.1) is 112 Å². The first kappa shape index (κ1) is 63.6. The van der Waals surface area contributed by atoms with Gasteiger partial charge in [0, 0.05) is 82.5 Å². The molecule has 426 valence electrons. The van der Waals surface area contributed by atoms with Crippen LogP contribution in [0.25, 0.3) is 11.4 Å². The molecular weight excluding hydrogens is 1030 g/mol. The van der Waals surface area contributed by atoms with E-state index in [0.717, 1.165) is 22.4 Å². The van der Waals surface area contributed by atoms with Gasteiger partial charge in [0.25, 0.3) is 0 Å². The molecule has 0 saturated carbocycles. The highest BCUT2D eigenvalue weighted by molar-refractivity contribution is 7.80. The number of carboxylic acid groups (broad SMARTS) is 3.